The van der Waals surface area contributed by atoms with Gasteiger partial charge < -0.3 is 4.52 Å². The Hall–Kier alpha value is -2.50. The minimum absolute atomic E-state index is 0.0574. The van der Waals surface area contributed by atoms with Gasteiger partial charge in [-0.25, -0.2) is 4.39 Å². The van der Waals surface area contributed by atoms with Crippen LogP contribution in [0.25, 0.3) is 0 Å². The molecule has 1 aliphatic rings. The average molecular weight is 260 g/mol. The molecule has 96 valence electrons. The molecule has 0 aliphatic carbocycles. The minimum atomic E-state index is -0.686. The number of aryl methyl sites for hydroxylation is 1. The maximum Gasteiger partial charge on any atom is 0.299 e. The Labute approximate surface area is 107 Å². The van der Waals surface area contributed by atoms with Crippen LogP contribution in [0.4, 0.5) is 10.1 Å². The maximum atomic E-state index is 13.2. The van der Waals surface area contributed by atoms with Gasteiger partial charge in [0.2, 0.25) is 0 Å². The number of rotatable bonds is 2. The standard InChI is InChI=1S/C13H9FN2O3/c1-7-4-9(19-15-7)6-16-11-5-8(14)2-3-10(11)12(17)13(16)18/h2-5H,6H2,1H3. The lowest BCUT2D eigenvalue weighted by molar-refractivity contribution is -0.114. The topological polar surface area (TPSA) is 63.4 Å². The van der Waals surface area contributed by atoms with E-state index in [1.54, 1.807) is 13.0 Å². The third kappa shape index (κ3) is 1.81. The molecule has 6 heteroatoms. The van der Waals surface area contributed by atoms with E-state index in [1.807, 2.05) is 0 Å². The number of halogens is 1. The van der Waals surface area contributed by atoms with Crippen LogP contribution in [0, 0.1) is 12.7 Å². The molecule has 0 N–H and O–H groups in total. The van der Waals surface area contributed by atoms with Gasteiger partial charge in [-0.1, -0.05) is 5.16 Å². The summed E-state index contributed by atoms with van der Waals surface area (Å²) in [4.78, 5) is 24.8. The van der Waals surface area contributed by atoms with E-state index in [0.29, 0.717) is 11.5 Å². The summed E-state index contributed by atoms with van der Waals surface area (Å²) in [6.45, 7) is 1.80. The van der Waals surface area contributed by atoms with Crippen LogP contribution in [-0.4, -0.2) is 16.8 Å². The molecule has 0 spiro atoms. The van der Waals surface area contributed by atoms with Gasteiger partial charge in [0.05, 0.1) is 23.5 Å². The van der Waals surface area contributed by atoms with E-state index in [1.165, 1.54) is 17.0 Å². The van der Waals surface area contributed by atoms with Crippen LogP contribution in [0.15, 0.2) is 28.8 Å². The second-order valence-electron chi connectivity index (χ2n) is 4.32. The number of amides is 1. The lowest BCUT2D eigenvalue weighted by Crippen LogP contribution is -2.28. The number of hydrogen-bond donors (Lipinski definition) is 0. The molecule has 0 unspecified atom stereocenters. The average Bonchev–Trinajstić information content (AvgIpc) is 2.88. The van der Waals surface area contributed by atoms with Crippen LogP contribution in [-0.2, 0) is 11.3 Å². The van der Waals surface area contributed by atoms with E-state index < -0.39 is 17.5 Å². The van der Waals surface area contributed by atoms with E-state index in [-0.39, 0.29) is 17.8 Å². The summed E-state index contributed by atoms with van der Waals surface area (Å²) in [5.41, 5.74) is 1.15. The first-order valence-electron chi connectivity index (χ1n) is 5.64. The zero-order valence-corrected chi connectivity index (χ0v) is 10.0. The second-order valence-corrected chi connectivity index (χ2v) is 4.32. The van der Waals surface area contributed by atoms with Gasteiger partial charge in [-0.3, -0.25) is 14.5 Å². The summed E-state index contributed by atoms with van der Waals surface area (Å²) in [6, 6.07) is 5.30. The predicted molar refractivity (Wildman–Crippen MR) is 63.2 cm³/mol. The number of carbonyl (C=O) groups excluding carboxylic acids is 2. The Morgan fingerprint density at radius 3 is 2.79 bits per heavy atom. The van der Waals surface area contributed by atoms with Gasteiger partial charge in [-0.05, 0) is 25.1 Å². The normalized spacial score (nSPS) is 14.1. The Kier molecular flexibility index (Phi) is 2.45. The van der Waals surface area contributed by atoms with Crippen molar-refractivity contribution in [1.82, 2.24) is 5.16 Å². The summed E-state index contributed by atoms with van der Waals surface area (Å²) >= 11 is 0. The van der Waals surface area contributed by atoms with Crippen molar-refractivity contribution in [3.63, 3.8) is 0 Å². The molecule has 5 nitrogen and oxygen atoms in total. The van der Waals surface area contributed by atoms with Crippen molar-refractivity contribution in [3.05, 3.63) is 47.1 Å². The number of carbonyl (C=O) groups is 2. The summed E-state index contributed by atoms with van der Waals surface area (Å²) in [5.74, 6) is -1.38. The maximum absolute atomic E-state index is 13.2. The monoisotopic (exact) mass is 260 g/mol. The zero-order chi connectivity index (χ0) is 13.6. The Balaban J connectivity index is 2.01. The third-order valence-electron chi connectivity index (χ3n) is 2.93. The quantitative estimate of drug-likeness (QED) is 0.773. The Morgan fingerprint density at radius 2 is 2.11 bits per heavy atom. The van der Waals surface area contributed by atoms with Gasteiger partial charge in [0.1, 0.15) is 5.82 Å². The number of fused-ring (bicyclic) bond motifs is 1. The molecule has 0 saturated carbocycles. The Morgan fingerprint density at radius 1 is 1.32 bits per heavy atom. The van der Waals surface area contributed by atoms with Crippen molar-refractivity contribution in [1.29, 1.82) is 0 Å². The molecule has 2 heterocycles. The Bertz CT molecular complexity index is 693. The lowest BCUT2D eigenvalue weighted by atomic mass is 10.1. The van der Waals surface area contributed by atoms with E-state index in [4.69, 9.17) is 4.52 Å². The van der Waals surface area contributed by atoms with Crippen LogP contribution in [0.2, 0.25) is 0 Å². The predicted octanol–water partition coefficient (Wildman–Crippen LogP) is 1.85. The molecule has 0 atom stereocenters. The van der Waals surface area contributed by atoms with Crippen molar-refractivity contribution in [2.75, 3.05) is 4.90 Å². The molecule has 0 fully saturated rings. The molecule has 3 rings (SSSR count). The van der Waals surface area contributed by atoms with E-state index in [2.05, 4.69) is 5.16 Å². The highest BCUT2D eigenvalue weighted by Crippen LogP contribution is 2.30. The molecular weight excluding hydrogens is 251 g/mol. The van der Waals surface area contributed by atoms with Gasteiger partial charge in [0.15, 0.2) is 5.76 Å². The SMILES string of the molecule is Cc1cc(CN2C(=O)C(=O)c3ccc(F)cc32)on1. The van der Waals surface area contributed by atoms with E-state index in [9.17, 15) is 14.0 Å². The summed E-state index contributed by atoms with van der Waals surface area (Å²) < 4.78 is 18.3. The van der Waals surface area contributed by atoms with Crippen molar-refractivity contribution < 1.29 is 18.5 Å². The number of aromatic nitrogens is 1. The number of benzene rings is 1. The van der Waals surface area contributed by atoms with Crippen LogP contribution in [0.5, 0.6) is 0 Å². The van der Waals surface area contributed by atoms with Crippen molar-refractivity contribution >= 4 is 17.4 Å². The van der Waals surface area contributed by atoms with Crippen molar-refractivity contribution in [2.45, 2.75) is 13.5 Å². The van der Waals surface area contributed by atoms with Crippen molar-refractivity contribution in [2.24, 2.45) is 0 Å². The molecule has 1 aliphatic heterocycles. The largest absolute Gasteiger partial charge is 0.359 e. The van der Waals surface area contributed by atoms with Crippen molar-refractivity contribution in [3.8, 4) is 0 Å². The molecule has 0 bridgehead atoms. The highest BCUT2D eigenvalue weighted by Gasteiger charge is 2.36. The number of hydrogen-bond acceptors (Lipinski definition) is 4. The van der Waals surface area contributed by atoms with Gasteiger partial charge >= 0.3 is 0 Å². The van der Waals surface area contributed by atoms with Gasteiger partial charge in [-0.2, -0.15) is 0 Å². The molecule has 1 amide bonds. The number of Topliss-reactive ketones (excluding diaryl/α,β-unsaturated/α-hetero) is 1. The number of ketones is 1. The molecule has 1 aromatic carbocycles. The molecule has 1 aromatic heterocycles. The van der Waals surface area contributed by atoms with E-state index >= 15 is 0 Å². The molecule has 0 radical (unpaired) electrons. The molecular formula is C13H9FN2O3. The number of anilines is 1. The molecule has 19 heavy (non-hydrogen) atoms. The van der Waals surface area contributed by atoms with Crippen LogP contribution in [0.1, 0.15) is 21.8 Å². The van der Waals surface area contributed by atoms with Gasteiger partial charge in [0.25, 0.3) is 11.7 Å². The highest BCUT2D eigenvalue weighted by molar-refractivity contribution is 6.52. The van der Waals surface area contributed by atoms with E-state index in [0.717, 1.165) is 6.07 Å². The van der Waals surface area contributed by atoms with Crippen LogP contribution in [0.3, 0.4) is 0 Å². The summed E-state index contributed by atoms with van der Waals surface area (Å²) in [6.07, 6.45) is 0. The third-order valence-corrected chi connectivity index (χ3v) is 2.93. The number of nitrogens with zero attached hydrogens (tertiary/aromatic N) is 2. The second kappa shape index (κ2) is 4.01. The first-order chi connectivity index (χ1) is 9.06. The van der Waals surface area contributed by atoms with Gasteiger partial charge in [0, 0.05) is 6.07 Å². The lowest BCUT2D eigenvalue weighted by Gasteiger charge is -2.14. The zero-order valence-electron chi connectivity index (χ0n) is 10.0. The summed E-state index contributed by atoms with van der Waals surface area (Å²) in [7, 11) is 0. The highest BCUT2D eigenvalue weighted by atomic mass is 19.1. The molecule has 2 aromatic rings. The van der Waals surface area contributed by atoms with Crippen LogP contribution >= 0.6 is 0 Å². The molecule has 0 saturated heterocycles. The minimum Gasteiger partial charge on any atom is -0.359 e. The summed E-state index contributed by atoms with van der Waals surface area (Å²) in [5, 5.41) is 3.70. The smallest absolute Gasteiger partial charge is 0.299 e. The fourth-order valence-electron chi connectivity index (χ4n) is 2.07. The first-order valence-corrected chi connectivity index (χ1v) is 5.64. The van der Waals surface area contributed by atoms with Crippen LogP contribution < -0.4 is 4.90 Å². The fraction of sp³-hybridized carbons (Fsp3) is 0.154. The first kappa shape index (κ1) is 11.6. The van der Waals surface area contributed by atoms with Gasteiger partial charge in [-0.15, -0.1) is 0 Å². The fourth-order valence-corrected chi connectivity index (χ4v) is 2.07.